The Morgan fingerprint density at radius 2 is 0.635 bits per heavy atom. The van der Waals surface area contributed by atoms with E-state index in [0.717, 1.165) is 27.8 Å². The highest BCUT2D eigenvalue weighted by molar-refractivity contribution is 9.10. The van der Waals surface area contributed by atoms with Crippen LogP contribution in [0.3, 0.4) is 0 Å². The molecule has 85 heavy (non-hydrogen) atoms. The fourth-order valence-corrected chi connectivity index (χ4v) is 12.2. The number of fused-ring (bicyclic) bond motifs is 3. The smallest absolute Gasteiger partial charge is 0.0715 e. The van der Waals surface area contributed by atoms with E-state index in [1.807, 2.05) is 133 Å². The monoisotopic (exact) mass is 1240 g/mol. The third kappa shape index (κ3) is 10.4. The second-order valence-electron chi connectivity index (χ2n) is 22.9. The van der Waals surface area contributed by atoms with Crippen LogP contribution in [0.25, 0.3) is 55.6 Å². The zero-order valence-corrected chi connectivity index (χ0v) is 50.5. The predicted octanol–water partition coefficient (Wildman–Crippen LogP) is 23.8. The van der Waals surface area contributed by atoms with Crippen LogP contribution in [0, 0.1) is 0 Å². The standard InChI is InChI=1S/C81H66Br2N2/c1-79(2,3)60-50-71(55-26-12-7-13-27-55)77(72(51-60)56-28-14-8-15-29-56)84(65-44-40-63(82)41-45-65)67-48-62(81(59-34-20-11-21-35-59)75-38-24-22-36-69(75)70-37-23-25-39-76(70)81)49-68(54-67)85(66-46-42-64(83)43-47-66)78-73(57-30-16-9-17-31-57)52-61(80(4,5)6)53-74(78)58-32-18-10-19-33-58/h7-54H,1-6H3/i7D,8D,9D,10D,12D,13D,14D,15D,16D,17D,18D,19D,26D,27D,28D,29D,30D,31D,32D,33D. The first-order chi connectivity index (χ1) is 49.5. The van der Waals surface area contributed by atoms with Gasteiger partial charge in [0.25, 0.3) is 0 Å². The van der Waals surface area contributed by atoms with E-state index in [9.17, 15) is 21.9 Å². The van der Waals surface area contributed by atoms with Crippen molar-refractivity contribution in [2.45, 2.75) is 57.8 Å². The van der Waals surface area contributed by atoms with Crippen molar-refractivity contribution in [1.82, 2.24) is 0 Å². The van der Waals surface area contributed by atoms with Gasteiger partial charge in [-0.25, -0.2) is 0 Å². The maximum Gasteiger partial charge on any atom is 0.0715 e. The van der Waals surface area contributed by atoms with Crippen LogP contribution in [0.15, 0.2) is 300 Å². The van der Waals surface area contributed by atoms with Gasteiger partial charge in [0, 0.05) is 53.9 Å². The van der Waals surface area contributed by atoms with Crippen LogP contribution in [0.4, 0.5) is 34.1 Å². The lowest BCUT2D eigenvalue weighted by Crippen LogP contribution is -2.29. The first-order valence-electron chi connectivity index (χ1n) is 37.7. The first-order valence-corrected chi connectivity index (χ1v) is 29.3. The summed E-state index contributed by atoms with van der Waals surface area (Å²) in [6.45, 7) is 11.4. The Kier molecular flexibility index (Phi) is 9.81. The Bertz CT molecular complexity index is 5000. The van der Waals surface area contributed by atoms with Crippen LogP contribution in [-0.2, 0) is 16.2 Å². The molecule has 0 aromatic heterocycles. The fraction of sp³-hybridized carbons (Fsp3) is 0.111. The normalized spacial score (nSPS) is 15.9. The van der Waals surface area contributed by atoms with E-state index < -0.39 is 137 Å². The molecule has 1 aliphatic rings. The van der Waals surface area contributed by atoms with Gasteiger partial charge in [0.05, 0.1) is 44.2 Å². The molecular weight excluding hydrogens is 1160 g/mol. The number of nitrogens with zero attached hydrogens (tertiary/aromatic N) is 2. The average molecular weight is 1250 g/mol. The Morgan fingerprint density at radius 3 is 0.965 bits per heavy atom. The summed E-state index contributed by atoms with van der Waals surface area (Å²) in [4.78, 5) is 3.53. The Hall–Kier alpha value is -8.80. The lowest BCUT2D eigenvalue weighted by Gasteiger charge is -2.38. The van der Waals surface area contributed by atoms with E-state index in [4.69, 9.17) is 5.48 Å². The van der Waals surface area contributed by atoms with Crippen LogP contribution in [0.5, 0.6) is 0 Å². The lowest BCUT2D eigenvalue weighted by atomic mass is 9.67. The van der Waals surface area contributed by atoms with Gasteiger partial charge in [0.1, 0.15) is 0 Å². The quantitative estimate of drug-likeness (QED) is 0.120. The van der Waals surface area contributed by atoms with Gasteiger partial charge in [-0.05, 0) is 169 Å². The minimum absolute atomic E-state index is 0.0140. The summed E-state index contributed by atoms with van der Waals surface area (Å²) in [5.41, 5.74) is 2.26. The zero-order valence-electron chi connectivity index (χ0n) is 67.3. The molecule has 2 nitrogen and oxygen atoms in total. The van der Waals surface area contributed by atoms with Gasteiger partial charge >= 0.3 is 0 Å². The predicted molar refractivity (Wildman–Crippen MR) is 368 cm³/mol. The lowest BCUT2D eigenvalue weighted by molar-refractivity contribution is 0.590. The third-order valence-corrected chi connectivity index (χ3v) is 16.7. The van der Waals surface area contributed by atoms with Crippen molar-refractivity contribution in [3.63, 3.8) is 0 Å². The molecule has 4 heteroatoms. The minimum Gasteiger partial charge on any atom is -0.309 e. The molecule has 0 saturated heterocycles. The summed E-state index contributed by atoms with van der Waals surface area (Å²) in [5, 5.41) is 0. The highest BCUT2D eigenvalue weighted by atomic mass is 79.9. The van der Waals surface area contributed by atoms with Gasteiger partial charge in [0.2, 0.25) is 0 Å². The van der Waals surface area contributed by atoms with Crippen LogP contribution in [-0.4, -0.2) is 0 Å². The number of anilines is 6. The fourth-order valence-electron chi connectivity index (χ4n) is 11.7. The van der Waals surface area contributed by atoms with E-state index in [2.05, 4.69) is 31.9 Å². The van der Waals surface area contributed by atoms with Gasteiger partial charge in [-0.2, -0.15) is 0 Å². The molecule has 0 saturated carbocycles. The summed E-state index contributed by atoms with van der Waals surface area (Å²) in [6.07, 6.45) is 0. The average Bonchev–Trinajstić information content (AvgIpc) is 1.59. The summed E-state index contributed by atoms with van der Waals surface area (Å²) in [7, 11) is 0. The van der Waals surface area contributed by atoms with Gasteiger partial charge in [-0.3, -0.25) is 0 Å². The molecular formula is C81H66Br2N2. The second kappa shape index (κ2) is 22.7. The first kappa shape index (κ1) is 36.8. The van der Waals surface area contributed by atoms with Crippen LogP contribution in [0.2, 0.25) is 0 Å². The molecule has 0 bridgehead atoms. The zero-order chi connectivity index (χ0) is 75.9. The molecule has 0 atom stereocenters. The molecule has 0 spiro atoms. The van der Waals surface area contributed by atoms with E-state index in [0.29, 0.717) is 37.0 Å². The molecule has 0 N–H and O–H groups in total. The Balaban J connectivity index is 1.35. The van der Waals surface area contributed by atoms with Gasteiger partial charge in [0.15, 0.2) is 0 Å². The molecule has 0 amide bonds. The molecule has 12 aromatic carbocycles. The largest absolute Gasteiger partial charge is 0.309 e. The van der Waals surface area contributed by atoms with Crippen LogP contribution < -0.4 is 9.80 Å². The van der Waals surface area contributed by atoms with E-state index in [-0.39, 0.29) is 67.3 Å². The highest BCUT2D eigenvalue weighted by Gasteiger charge is 2.47. The molecule has 0 unspecified atom stereocenters. The number of hydrogen-bond donors (Lipinski definition) is 0. The number of hydrogen-bond acceptors (Lipinski definition) is 2. The Morgan fingerprint density at radius 1 is 0.318 bits per heavy atom. The molecule has 13 rings (SSSR count). The van der Waals surface area contributed by atoms with Gasteiger partial charge in [-0.1, -0.05) is 273 Å². The van der Waals surface area contributed by atoms with Crippen LogP contribution in [0.1, 0.15) is 102 Å². The third-order valence-electron chi connectivity index (χ3n) is 15.7. The van der Waals surface area contributed by atoms with Crippen molar-refractivity contribution in [3.8, 4) is 55.6 Å². The number of rotatable bonds is 12. The summed E-state index contributed by atoms with van der Waals surface area (Å²) in [6, 6.07) is 39.2. The molecule has 414 valence electrons. The number of benzene rings is 12. The van der Waals surface area contributed by atoms with Crippen molar-refractivity contribution in [2.75, 3.05) is 9.80 Å². The molecule has 12 aromatic rings. The molecule has 0 fully saturated rings. The molecule has 0 heterocycles. The van der Waals surface area contributed by atoms with Crippen molar-refractivity contribution in [2.24, 2.45) is 0 Å². The molecule has 0 aliphatic heterocycles. The molecule has 0 radical (unpaired) electrons. The van der Waals surface area contributed by atoms with E-state index >= 15 is 0 Å². The van der Waals surface area contributed by atoms with E-state index in [1.165, 1.54) is 0 Å². The second-order valence-corrected chi connectivity index (χ2v) is 24.7. The topological polar surface area (TPSA) is 6.48 Å². The summed E-state index contributed by atoms with van der Waals surface area (Å²) in [5.74, 6) is 0. The molecule has 1 aliphatic carbocycles. The van der Waals surface area contributed by atoms with Crippen LogP contribution >= 0.6 is 31.9 Å². The summed E-state index contributed by atoms with van der Waals surface area (Å²) >= 11 is 7.36. The van der Waals surface area contributed by atoms with Gasteiger partial charge < -0.3 is 9.80 Å². The van der Waals surface area contributed by atoms with Crippen molar-refractivity contribution < 1.29 is 27.4 Å². The SMILES string of the molecule is [2H]c1c([2H])c([2H])c(-c2cc(C(C)(C)C)cc(-c3c([2H])c([2H])c([2H])c([2H])c3[2H])c2N(c2ccc(Br)cc2)c2cc(N(c3ccc(Br)cc3)c3c(-c4c([2H])c([2H])c([2H])c([2H])c4[2H])cc(C(C)(C)C)cc3-c3c([2H])c([2H])c([2H])c([2H])c3[2H])cc(C3(c4ccccc4)c4ccccc4-c4ccccc43)c2)c([2H])c1[2H]. The maximum absolute atomic E-state index is 9.92. The Labute approximate surface area is 547 Å². The van der Waals surface area contributed by atoms with Crippen molar-refractivity contribution >= 4 is 66.0 Å². The number of halogens is 2. The van der Waals surface area contributed by atoms with E-state index in [1.54, 1.807) is 88.7 Å². The maximum atomic E-state index is 9.92. The van der Waals surface area contributed by atoms with Crippen molar-refractivity contribution in [3.05, 3.63) is 333 Å². The summed E-state index contributed by atoms with van der Waals surface area (Å²) < 4.78 is 191. The van der Waals surface area contributed by atoms with Crippen molar-refractivity contribution in [1.29, 1.82) is 0 Å². The van der Waals surface area contributed by atoms with Gasteiger partial charge in [-0.15, -0.1) is 0 Å². The minimum atomic E-state index is -1.36. The highest BCUT2D eigenvalue weighted by Crippen LogP contribution is 2.59.